The average molecular weight is 470 g/mol. The highest BCUT2D eigenvalue weighted by molar-refractivity contribution is 14.0. The van der Waals surface area contributed by atoms with Crippen molar-refractivity contribution in [3.05, 3.63) is 22.7 Å². The van der Waals surface area contributed by atoms with Gasteiger partial charge < -0.3 is 20.1 Å². The smallest absolute Gasteiger partial charge is 0.191 e. The van der Waals surface area contributed by atoms with Crippen LogP contribution in [0.5, 0.6) is 11.5 Å². The normalized spacial score (nSPS) is 12.2. The first-order valence-corrected chi connectivity index (χ1v) is 8.47. The van der Waals surface area contributed by atoms with Crippen molar-refractivity contribution in [1.82, 2.24) is 10.6 Å². The summed E-state index contributed by atoms with van der Waals surface area (Å²) in [6.45, 7) is 10.1. The number of hydrogen-bond donors (Lipinski definition) is 2. The Bertz CT molecular complexity index is 527. The van der Waals surface area contributed by atoms with Crippen molar-refractivity contribution < 1.29 is 9.47 Å². The molecule has 0 spiro atoms. The van der Waals surface area contributed by atoms with E-state index >= 15 is 0 Å². The van der Waals surface area contributed by atoms with Gasteiger partial charge in [-0.2, -0.15) is 0 Å². The molecular formula is C17H29ClIN3O2. The van der Waals surface area contributed by atoms with Gasteiger partial charge in [0.2, 0.25) is 0 Å². The molecule has 24 heavy (non-hydrogen) atoms. The number of methoxy groups -OCH3 is 1. The van der Waals surface area contributed by atoms with E-state index < -0.39 is 0 Å². The Morgan fingerprint density at radius 1 is 1.29 bits per heavy atom. The third-order valence-electron chi connectivity index (χ3n) is 3.34. The average Bonchev–Trinajstić information content (AvgIpc) is 2.54. The topological polar surface area (TPSA) is 54.9 Å². The summed E-state index contributed by atoms with van der Waals surface area (Å²) in [5.41, 5.74) is 0.969. The van der Waals surface area contributed by atoms with Crippen LogP contribution in [0.2, 0.25) is 5.02 Å². The summed E-state index contributed by atoms with van der Waals surface area (Å²) in [6, 6.07) is 4.14. The van der Waals surface area contributed by atoms with Crippen molar-refractivity contribution in [2.24, 2.45) is 4.99 Å². The van der Waals surface area contributed by atoms with Crippen molar-refractivity contribution in [1.29, 1.82) is 0 Å². The van der Waals surface area contributed by atoms with Crippen molar-refractivity contribution >= 4 is 41.5 Å². The molecule has 0 aliphatic heterocycles. The van der Waals surface area contributed by atoms with Crippen LogP contribution >= 0.6 is 35.6 Å². The molecule has 0 aliphatic rings. The van der Waals surface area contributed by atoms with Gasteiger partial charge in [0.15, 0.2) is 17.5 Å². The number of nitrogens with one attached hydrogen (secondary N) is 2. The van der Waals surface area contributed by atoms with E-state index in [-0.39, 0.29) is 24.0 Å². The summed E-state index contributed by atoms with van der Waals surface area (Å²) in [4.78, 5) is 4.60. The summed E-state index contributed by atoms with van der Waals surface area (Å²) < 4.78 is 10.9. The van der Waals surface area contributed by atoms with Crippen LogP contribution in [-0.2, 0) is 6.54 Å². The molecule has 1 aromatic rings. The minimum atomic E-state index is 0. The van der Waals surface area contributed by atoms with Gasteiger partial charge in [0.05, 0.1) is 25.3 Å². The maximum Gasteiger partial charge on any atom is 0.191 e. The Kier molecular flexibility index (Phi) is 12.0. The first-order chi connectivity index (χ1) is 11.0. The quantitative estimate of drug-likeness (QED) is 0.340. The molecule has 0 saturated carbocycles. The zero-order valence-corrected chi connectivity index (χ0v) is 18.2. The molecule has 1 atom stereocenters. The third-order valence-corrected chi connectivity index (χ3v) is 3.62. The maximum absolute atomic E-state index is 6.29. The highest BCUT2D eigenvalue weighted by Crippen LogP contribution is 2.36. The Morgan fingerprint density at radius 3 is 2.54 bits per heavy atom. The number of aliphatic imine (C=N–C) groups is 1. The molecule has 138 valence electrons. The first kappa shape index (κ1) is 23.1. The second-order valence-corrected chi connectivity index (χ2v) is 5.60. The lowest BCUT2D eigenvalue weighted by Gasteiger charge is -2.16. The van der Waals surface area contributed by atoms with Crippen molar-refractivity contribution in [3.8, 4) is 11.5 Å². The Balaban J connectivity index is 0.00000529. The van der Waals surface area contributed by atoms with Crippen LogP contribution in [0.3, 0.4) is 0 Å². The van der Waals surface area contributed by atoms with Gasteiger partial charge in [0.1, 0.15) is 0 Å². The zero-order chi connectivity index (χ0) is 17.2. The van der Waals surface area contributed by atoms with Gasteiger partial charge in [-0.3, -0.25) is 0 Å². The van der Waals surface area contributed by atoms with Crippen LogP contribution < -0.4 is 20.1 Å². The van der Waals surface area contributed by atoms with E-state index in [0.29, 0.717) is 35.7 Å². The molecule has 0 radical (unpaired) electrons. The molecule has 2 N–H and O–H groups in total. The van der Waals surface area contributed by atoms with Crippen molar-refractivity contribution in [2.45, 2.75) is 46.7 Å². The van der Waals surface area contributed by atoms with E-state index in [0.717, 1.165) is 24.5 Å². The maximum atomic E-state index is 6.29. The van der Waals surface area contributed by atoms with Crippen molar-refractivity contribution in [2.75, 3.05) is 20.3 Å². The fourth-order valence-corrected chi connectivity index (χ4v) is 2.26. The highest BCUT2D eigenvalue weighted by Gasteiger charge is 2.11. The van der Waals surface area contributed by atoms with Gasteiger partial charge in [0.25, 0.3) is 0 Å². The molecular weight excluding hydrogens is 441 g/mol. The predicted molar refractivity (Wildman–Crippen MR) is 112 cm³/mol. The number of halogens is 2. The summed E-state index contributed by atoms with van der Waals surface area (Å²) in [5.74, 6) is 2.00. The van der Waals surface area contributed by atoms with Gasteiger partial charge in [-0.25, -0.2) is 4.99 Å². The lowest BCUT2D eigenvalue weighted by atomic mass is 10.2. The fraction of sp³-hybridized carbons (Fsp3) is 0.588. The Hall–Kier alpha value is -0.890. The van der Waals surface area contributed by atoms with E-state index in [2.05, 4.69) is 29.5 Å². The zero-order valence-electron chi connectivity index (χ0n) is 15.1. The van der Waals surface area contributed by atoms with Gasteiger partial charge in [-0.15, -0.1) is 24.0 Å². The van der Waals surface area contributed by atoms with E-state index in [1.807, 2.05) is 26.0 Å². The monoisotopic (exact) mass is 469 g/mol. The second-order valence-electron chi connectivity index (χ2n) is 5.19. The summed E-state index contributed by atoms with van der Waals surface area (Å²) in [5, 5.41) is 7.14. The molecule has 1 rings (SSSR count). The molecule has 7 heteroatoms. The minimum Gasteiger partial charge on any atom is -0.493 e. The van der Waals surface area contributed by atoms with E-state index in [1.165, 1.54) is 0 Å². The Morgan fingerprint density at radius 2 is 2.00 bits per heavy atom. The van der Waals surface area contributed by atoms with E-state index in [4.69, 9.17) is 21.1 Å². The fourth-order valence-electron chi connectivity index (χ4n) is 1.97. The van der Waals surface area contributed by atoms with Gasteiger partial charge in [-0.1, -0.05) is 18.5 Å². The number of benzene rings is 1. The van der Waals surface area contributed by atoms with Crippen molar-refractivity contribution in [3.63, 3.8) is 0 Å². The van der Waals surface area contributed by atoms with Crippen LogP contribution in [0.4, 0.5) is 0 Å². The molecule has 0 aromatic heterocycles. The van der Waals surface area contributed by atoms with Gasteiger partial charge >= 0.3 is 0 Å². The summed E-state index contributed by atoms with van der Waals surface area (Å²) in [6.07, 6.45) is 1.03. The molecule has 0 bridgehead atoms. The number of hydrogen-bond acceptors (Lipinski definition) is 3. The Labute approximate surface area is 167 Å². The first-order valence-electron chi connectivity index (χ1n) is 8.09. The number of nitrogens with zero attached hydrogens (tertiary/aromatic N) is 1. The summed E-state index contributed by atoms with van der Waals surface area (Å²) in [7, 11) is 1.61. The van der Waals surface area contributed by atoms with E-state index in [9.17, 15) is 0 Å². The largest absolute Gasteiger partial charge is 0.493 e. The molecule has 0 fully saturated rings. The standard InChI is InChI=1S/C17H28ClN3O2.HI/c1-6-12(4)21-17(19-7-2)20-11-13-9-14(18)16(23-8-3)15(10-13)22-5;/h9-10,12H,6-8,11H2,1-5H3,(H2,19,20,21);1H. The van der Waals surface area contributed by atoms with Crippen LogP contribution in [0.15, 0.2) is 17.1 Å². The lowest BCUT2D eigenvalue weighted by molar-refractivity contribution is 0.311. The molecule has 0 aliphatic carbocycles. The van der Waals surface area contributed by atoms with Gasteiger partial charge in [0, 0.05) is 12.6 Å². The number of rotatable bonds is 8. The molecule has 5 nitrogen and oxygen atoms in total. The van der Waals surface area contributed by atoms with E-state index in [1.54, 1.807) is 7.11 Å². The highest BCUT2D eigenvalue weighted by atomic mass is 127. The summed E-state index contributed by atoms with van der Waals surface area (Å²) >= 11 is 6.29. The molecule has 0 amide bonds. The third kappa shape index (κ3) is 7.34. The number of ether oxygens (including phenoxy) is 2. The predicted octanol–water partition coefficient (Wildman–Crippen LogP) is 4.22. The minimum absolute atomic E-state index is 0. The number of guanidine groups is 1. The SMILES string of the molecule is CCNC(=NCc1cc(Cl)c(OCC)c(OC)c1)NC(C)CC.I. The molecule has 1 unspecified atom stereocenters. The van der Waals surface area contributed by atoms with Crippen LogP contribution in [0.25, 0.3) is 0 Å². The van der Waals surface area contributed by atoms with Gasteiger partial charge in [-0.05, 0) is 44.9 Å². The molecule has 0 saturated heterocycles. The molecule has 0 heterocycles. The van der Waals surface area contributed by atoms with Crippen LogP contribution in [0.1, 0.15) is 39.7 Å². The van der Waals surface area contributed by atoms with Crippen LogP contribution in [0, 0.1) is 0 Å². The molecule has 1 aromatic carbocycles. The van der Waals surface area contributed by atoms with Crippen LogP contribution in [-0.4, -0.2) is 32.3 Å². The lowest BCUT2D eigenvalue weighted by Crippen LogP contribution is -2.41. The second kappa shape index (κ2) is 12.5.